The molecule has 0 bridgehead atoms. The second-order valence-corrected chi connectivity index (χ2v) is 4.90. The highest BCUT2D eigenvalue weighted by Crippen LogP contribution is 2.25. The normalized spacial score (nSPS) is 21.1. The topological polar surface area (TPSA) is 41.5 Å². The van der Waals surface area contributed by atoms with Gasteiger partial charge in [-0.25, -0.2) is 4.39 Å². The van der Waals surface area contributed by atoms with Crippen LogP contribution in [-0.4, -0.2) is 24.9 Å². The van der Waals surface area contributed by atoms with E-state index in [-0.39, 0.29) is 11.8 Å². The molecule has 2 N–H and O–H groups in total. The van der Waals surface area contributed by atoms with Gasteiger partial charge in [-0.05, 0) is 38.3 Å². The van der Waals surface area contributed by atoms with Crippen LogP contribution >= 0.6 is 0 Å². The molecule has 1 aliphatic rings. The van der Waals surface area contributed by atoms with Crippen molar-refractivity contribution in [1.29, 1.82) is 0 Å². The Morgan fingerprint density at radius 2 is 2.39 bits per heavy atom. The number of halogens is 1. The summed E-state index contributed by atoms with van der Waals surface area (Å²) in [5, 5.41) is 13.0. The van der Waals surface area contributed by atoms with Crippen LogP contribution in [0.1, 0.15) is 31.4 Å². The van der Waals surface area contributed by atoms with Gasteiger partial charge in [0.1, 0.15) is 11.6 Å². The van der Waals surface area contributed by atoms with Crippen molar-refractivity contribution < 1.29 is 14.2 Å². The Balaban J connectivity index is 1.81. The van der Waals surface area contributed by atoms with E-state index < -0.39 is 5.82 Å². The van der Waals surface area contributed by atoms with Gasteiger partial charge in [0.2, 0.25) is 0 Å². The zero-order chi connectivity index (χ0) is 13.0. The fraction of sp³-hybridized carbons (Fsp3) is 0.571. The van der Waals surface area contributed by atoms with E-state index in [0.29, 0.717) is 5.92 Å². The fourth-order valence-corrected chi connectivity index (χ4v) is 2.31. The van der Waals surface area contributed by atoms with Crippen molar-refractivity contribution in [2.75, 3.05) is 19.8 Å². The van der Waals surface area contributed by atoms with Crippen LogP contribution in [0.2, 0.25) is 0 Å². The minimum absolute atomic E-state index is 0.0131. The van der Waals surface area contributed by atoms with Crippen LogP contribution in [-0.2, 0) is 4.74 Å². The smallest absolute Gasteiger partial charge is 0.126 e. The van der Waals surface area contributed by atoms with E-state index in [2.05, 4.69) is 5.32 Å². The lowest BCUT2D eigenvalue weighted by Crippen LogP contribution is -2.22. The van der Waals surface area contributed by atoms with Gasteiger partial charge < -0.3 is 15.2 Å². The third-order valence-corrected chi connectivity index (χ3v) is 3.49. The lowest BCUT2D eigenvalue weighted by Gasteiger charge is -2.16. The Bertz CT molecular complexity index is 391. The van der Waals surface area contributed by atoms with Crippen LogP contribution in [0.5, 0.6) is 5.75 Å². The summed E-state index contributed by atoms with van der Waals surface area (Å²) in [5.74, 6) is 0.247. The molecule has 1 fully saturated rings. The molecule has 100 valence electrons. The molecule has 0 amide bonds. The highest BCUT2D eigenvalue weighted by Gasteiger charge is 2.16. The molecular formula is C14H20FNO2. The van der Waals surface area contributed by atoms with Crippen LogP contribution in [0, 0.1) is 11.7 Å². The third-order valence-electron chi connectivity index (χ3n) is 3.49. The Labute approximate surface area is 107 Å². The minimum Gasteiger partial charge on any atom is -0.508 e. The van der Waals surface area contributed by atoms with E-state index in [1.54, 1.807) is 6.07 Å². The molecule has 1 heterocycles. The van der Waals surface area contributed by atoms with Crippen molar-refractivity contribution in [3.8, 4) is 5.75 Å². The highest BCUT2D eigenvalue weighted by molar-refractivity contribution is 5.34. The van der Waals surface area contributed by atoms with Gasteiger partial charge in [0.05, 0.1) is 0 Å². The van der Waals surface area contributed by atoms with E-state index in [1.807, 2.05) is 6.92 Å². The molecule has 0 radical (unpaired) electrons. The molecule has 2 atom stereocenters. The molecule has 1 aliphatic heterocycles. The molecule has 0 saturated carbocycles. The van der Waals surface area contributed by atoms with Crippen molar-refractivity contribution in [2.24, 2.45) is 5.92 Å². The molecule has 0 spiro atoms. The predicted molar refractivity (Wildman–Crippen MR) is 68.0 cm³/mol. The molecule has 18 heavy (non-hydrogen) atoms. The van der Waals surface area contributed by atoms with E-state index in [9.17, 15) is 9.50 Å². The number of aromatic hydroxyl groups is 1. The summed E-state index contributed by atoms with van der Waals surface area (Å²) in [6.07, 6.45) is 2.21. The maximum atomic E-state index is 12.9. The maximum Gasteiger partial charge on any atom is 0.126 e. The van der Waals surface area contributed by atoms with Crippen molar-refractivity contribution in [2.45, 2.75) is 25.8 Å². The van der Waals surface area contributed by atoms with Gasteiger partial charge in [-0.2, -0.15) is 0 Å². The number of hydrogen-bond donors (Lipinski definition) is 2. The van der Waals surface area contributed by atoms with Crippen molar-refractivity contribution >= 4 is 0 Å². The average molecular weight is 253 g/mol. The summed E-state index contributed by atoms with van der Waals surface area (Å²) in [6.45, 7) is 4.58. The first-order chi connectivity index (χ1) is 8.66. The van der Waals surface area contributed by atoms with Crippen LogP contribution in [0.4, 0.5) is 4.39 Å². The fourth-order valence-electron chi connectivity index (χ4n) is 2.31. The van der Waals surface area contributed by atoms with Crippen molar-refractivity contribution in [3.05, 3.63) is 29.6 Å². The lowest BCUT2D eigenvalue weighted by molar-refractivity contribution is 0.184. The minimum atomic E-state index is -0.411. The zero-order valence-corrected chi connectivity index (χ0v) is 10.7. The number of phenols is 1. The molecule has 3 nitrogen and oxygen atoms in total. The molecule has 4 heteroatoms. The summed E-state index contributed by atoms with van der Waals surface area (Å²) in [5.41, 5.74) is 0.735. The number of hydrogen-bond acceptors (Lipinski definition) is 3. The van der Waals surface area contributed by atoms with Crippen LogP contribution in [0.25, 0.3) is 0 Å². The first-order valence-corrected chi connectivity index (χ1v) is 6.46. The van der Waals surface area contributed by atoms with E-state index in [1.165, 1.54) is 6.07 Å². The van der Waals surface area contributed by atoms with Gasteiger partial charge in [-0.15, -0.1) is 0 Å². The van der Waals surface area contributed by atoms with Gasteiger partial charge in [0.25, 0.3) is 0 Å². The summed E-state index contributed by atoms with van der Waals surface area (Å²) < 4.78 is 18.2. The maximum absolute atomic E-state index is 12.9. The molecule has 1 aromatic carbocycles. The van der Waals surface area contributed by atoms with Gasteiger partial charge in [-0.3, -0.25) is 0 Å². The first-order valence-electron chi connectivity index (χ1n) is 6.46. The summed E-state index contributed by atoms with van der Waals surface area (Å²) in [4.78, 5) is 0. The average Bonchev–Trinajstić information content (AvgIpc) is 2.81. The largest absolute Gasteiger partial charge is 0.508 e. The number of benzene rings is 1. The van der Waals surface area contributed by atoms with Crippen molar-refractivity contribution in [3.63, 3.8) is 0 Å². The molecule has 2 rings (SSSR count). The molecule has 1 aromatic rings. The molecule has 0 aromatic heterocycles. The van der Waals surface area contributed by atoms with Crippen LogP contribution in [0.3, 0.4) is 0 Å². The standard InChI is InChI=1S/C14H20FNO2/c1-10(13-3-2-12(15)8-14(13)17)16-6-4-11-5-7-18-9-11/h2-3,8,10-11,16-17H,4-7,9H2,1H3. The Hall–Kier alpha value is -1.13. The molecule has 0 aliphatic carbocycles. The predicted octanol–water partition coefficient (Wildman–Crippen LogP) is 2.61. The van der Waals surface area contributed by atoms with Crippen LogP contribution < -0.4 is 5.32 Å². The second kappa shape index (κ2) is 6.16. The quantitative estimate of drug-likeness (QED) is 0.847. The third kappa shape index (κ3) is 3.43. The van der Waals surface area contributed by atoms with Crippen LogP contribution in [0.15, 0.2) is 18.2 Å². The van der Waals surface area contributed by atoms with Gasteiger partial charge in [-0.1, -0.05) is 6.07 Å². The van der Waals surface area contributed by atoms with Gasteiger partial charge in [0, 0.05) is 30.9 Å². The number of rotatable bonds is 5. The van der Waals surface area contributed by atoms with Gasteiger partial charge in [0.15, 0.2) is 0 Å². The zero-order valence-electron chi connectivity index (χ0n) is 10.7. The Kier molecular flexibility index (Phi) is 4.55. The summed E-state index contributed by atoms with van der Waals surface area (Å²) in [6, 6.07) is 4.17. The van der Waals surface area contributed by atoms with E-state index in [0.717, 1.165) is 44.2 Å². The number of phenolic OH excluding ortho intramolecular Hbond substituents is 1. The highest BCUT2D eigenvalue weighted by atomic mass is 19.1. The summed E-state index contributed by atoms with van der Waals surface area (Å²) in [7, 11) is 0. The SMILES string of the molecule is CC(NCCC1CCOC1)c1ccc(F)cc1O. The van der Waals surface area contributed by atoms with Crippen molar-refractivity contribution in [1.82, 2.24) is 5.32 Å². The molecule has 1 saturated heterocycles. The first kappa shape index (κ1) is 13.3. The Morgan fingerprint density at radius 3 is 3.06 bits per heavy atom. The monoisotopic (exact) mass is 253 g/mol. The Morgan fingerprint density at radius 1 is 1.56 bits per heavy atom. The number of nitrogens with one attached hydrogen (secondary N) is 1. The summed E-state index contributed by atoms with van der Waals surface area (Å²) >= 11 is 0. The van der Waals surface area contributed by atoms with E-state index >= 15 is 0 Å². The second-order valence-electron chi connectivity index (χ2n) is 4.90. The van der Waals surface area contributed by atoms with Gasteiger partial charge >= 0.3 is 0 Å². The molecule has 2 unspecified atom stereocenters. The number of ether oxygens (including phenoxy) is 1. The van der Waals surface area contributed by atoms with E-state index in [4.69, 9.17) is 4.74 Å². The lowest BCUT2D eigenvalue weighted by atomic mass is 10.0. The molecular weight excluding hydrogens is 233 g/mol.